The van der Waals surface area contributed by atoms with Gasteiger partial charge in [-0.3, -0.25) is 0 Å². The first kappa shape index (κ1) is 6.10. The number of hydrogen-bond donors (Lipinski definition) is 0. The van der Waals surface area contributed by atoms with Crippen molar-refractivity contribution in [3.63, 3.8) is 0 Å². The SMILES string of the molecule is C1=CCC=C1.[Rh+3]. The Labute approximate surface area is 50.7 Å². The molecular formula is C5H6Rh+3. The summed E-state index contributed by atoms with van der Waals surface area (Å²) in [7, 11) is 0. The molecule has 0 bridgehead atoms. The normalized spacial score (nSPS) is 14.7. The Hall–Kier alpha value is 0.103. The largest absolute Gasteiger partial charge is 3.00 e. The summed E-state index contributed by atoms with van der Waals surface area (Å²) >= 11 is 0. The topological polar surface area (TPSA) is 0 Å². The second kappa shape index (κ2) is 3.30. The fourth-order valence-corrected chi connectivity index (χ4v) is 0.393. The van der Waals surface area contributed by atoms with E-state index in [1.165, 1.54) is 0 Å². The molecule has 0 spiro atoms. The van der Waals surface area contributed by atoms with Crippen molar-refractivity contribution in [2.75, 3.05) is 0 Å². The average molecular weight is 169 g/mol. The van der Waals surface area contributed by atoms with Gasteiger partial charge in [-0.05, 0) is 6.42 Å². The van der Waals surface area contributed by atoms with Crippen molar-refractivity contribution in [1.29, 1.82) is 0 Å². The second-order valence-corrected chi connectivity index (χ2v) is 1.09. The van der Waals surface area contributed by atoms with Crippen LogP contribution in [0.15, 0.2) is 24.3 Å². The molecule has 1 rings (SSSR count). The van der Waals surface area contributed by atoms with Crippen molar-refractivity contribution >= 4 is 0 Å². The molecular weight excluding hydrogens is 163 g/mol. The summed E-state index contributed by atoms with van der Waals surface area (Å²) in [5, 5.41) is 0. The predicted molar refractivity (Wildman–Crippen MR) is 22.9 cm³/mol. The molecule has 0 aromatic heterocycles. The van der Waals surface area contributed by atoms with Gasteiger partial charge in [0.15, 0.2) is 0 Å². The summed E-state index contributed by atoms with van der Waals surface area (Å²) in [6.45, 7) is 0. The van der Waals surface area contributed by atoms with Gasteiger partial charge in [-0.2, -0.15) is 0 Å². The fourth-order valence-electron chi connectivity index (χ4n) is 0.393. The van der Waals surface area contributed by atoms with E-state index in [-0.39, 0.29) is 19.5 Å². The third-order valence-corrected chi connectivity index (χ3v) is 0.655. The van der Waals surface area contributed by atoms with E-state index in [2.05, 4.69) is 24.3 Å². The summed E-state index contributed by atoms with van der Waals surface area (Å²) < 4.78 is 0. The summed E-state index contributed by atoms with van der Waals surface area (Å²) in [4.78, 5) is 0. The van der Waals surface area contributed by atoms with E-state index in [9.17, 15) is 0 Å². The molecule has 0 nitrogen and oxygen atoms in total. The maximum absolute atomic E-state index is 2.12. The third-order valence-electron chi connectivity index (χ3n) is 0.655. The van der Waals surface area contributed by atoms with Gasteiger partial charge in [0.1, 0.15) is 0 Å². The van der Waals surface area contributed by atoms with Gasteiger partial charge >= 0.3 is 19.5 Å². The first-order valence-electron chi connectivity index (χ1n) is 1.82. The summed E-state index contributed by atoms with van der Waals surface area (Å²) in [5.74, 6) is 0. The van der Waals surface area contributed by atoms with Crippen LogP contribution in [0.4, 0.5) is 0 Å². The monoisotopic (exact) mass is 169 g/mol. The van der Waals surface area contributed by atoms with Gasteiger partial charge in [-0.1, -0.05) is 24.3 Å². The number of rotatable bonds is 0. The standard InChI is InChI=1S/C5H6.Rh/c1-2-4-5-3-1;/h1-4H,5H2;/q;+3. The van der Waals surface area contributed by atoms with Crippen LogP contribution >= 0.6 is 0 Å². The molecule has 1 heteroatoms. The van der Waals surface area contributed by atoms with Crippen LogP contribution in [0.3, 0.4) is 0 Å². The molecule has 6 heavy (non-hydrogen) atoms. The molecule has 32 valence electrons. The molecule has 0 unspecified atom stereocenters. The molecule has 1 aliphatic carbocycles. The molecule has 0 radical (unpaired) electrons. The van der Waals surface area contributed by atoms with Crippen molar-refractivity contribution in [1.82, 2.24) is 0 Å². The summed E-state index contributed by atoms with van der Waals surface area (Å²) in [6, 6.07) is 0. The zero-order chi connectivity index (χ0) is 3.54. The van der Waals surface area contributed by atoms with E-state index in [1.807, 2.05) is 0 Å². The molecule has 0 saturated carbocycles. The van der Waals surface area contributed by atoms with Crippen LogP contribution in [0, 0.1) is 0 Å². The number of allylic oxidation sites excluding steroid dienone is 4. The van der Waals surface area contributed by atoms with Gasteiger partial charge in [0, 0.05) is 0 Å². The minimum atomic E-state index is 0. The maximum Gasteiger partial charge on any atom is 3.00 e. The van der Waals surface area contributed by atoms with Crippen LogP contribution in [0.5, 0.6) is 0 Å². The Morgan fingerprint density at radius 2 is 1.50 bits per heavy atom. The third kappa shape index (κ3) is 1.52. The van der Waals surface area contributed by atoms with E-state index in [0.29, 0.717) is 0 Å². The second-order valence-electron chi connectivity index (χ2n) is 1.09. The number of hydrogen-bond acceptors (Lipinski definition) is 0. The van der Waals surface area contributed by atoms with Crippen LogP contribution in [-0.4, -0.2) is 0 Å². The van der Waals surface area contributed by atoms with Crippen LogP contribution in [0.25, 0.3) is 0 Å². The zero-order valence-corrected chi connectivity index (χ0v) is 4.99. The van der Waals surface area contributed by atoms with E-state index >= 15 is 0 Å². The Bertz CT molecular complexity index is 62.0. The minimum Gasteiger partial charge on any atom is -0.0808 e. The molecule has 0 aromatic rings. The fraction of sp³-hybridized carbons (Fsp3) is 0.200. The van der Waals surface area contributed by atoms with Crippen LogP contribution < -0.4 is 0 Å². The van der Waals surface area contributed by atoms with Gasteiger partial charge in [0.2, 0.25) is 0 Å². The van der Waals surface area contributed by atoms with Crippen molar-refractivity contribution < 1.29 is 19.5 Å². The first-order valence-corrected chi connectivity index (χ1v) is 1.82. The van der Waals surface area contributed by atoms with Crippen LogP contribution in [-0.2, 0) is 19.5 Å². The molecule has 0 amide bonds. The van der Waals surface area contributed by atoms with Crippen LogP contribution in [0.1, 0.15) is 6.42 Å². The van der Waals surface area contributed by atoms with Gasteiger partial charge in [-0.15, -0.1) is 0 Å². The van der Waals surface area contributed by atoms with Gasteiger partial charge in [0.25, 0.3) is 0 Å². The molecule has 0 aromatic carbocycles. The minimum absolute atomic E-state index is 0. The summed E-state index contributed by atoms with van der Waals surface area (Å²) in [5.41, 5.74) is 0. The predicted octanol–water partition coefficient (Wildman–Crippen LogP) is 1.50. The van der Waals surface area contributed by atoms with E-state index in [4.69, 9.17) is 0 Å². The van der Waals surface area contributed by atoms with Crippen molar-refractivity contribution in [2.45, 2.75) is 6.42 Å². The van der Waals surface area contributed by atoms with E-state index < -0.39 is 0 Å². The van der Waals surface area contributed by atoms with E-state index in [1.54, 1.807) is 0 Å². The van der Waals surface area contributed by atoms with Crippen molar-refractivity contribution in [3.05, 3.63) is 24.3 Å². The first-order chi connectivity index (χ1) is 2.50. The van der Waals surface area contributed by atoms with Gasteiger partial charge in [0.05, 0.1) is 0 Å². The zero-order valence-electron chi connectivity index (χ0n) is 3.35. The Kier molecular flexibility index (Phi) is 3.36. The van der Waals surface area contributed by atoms with Crippen molar-refractivity contribution in [2.24, 2.45) is 0 Å². The Balaban J connectivity index is 0.000000250. The summed E-state index contributed by atoms with van der Waals surface area (Å²) in [6.07, 6.45) is 9.50. The van der Waals surface area contributed by atoms with Crippen molar-refractivity contribution in [3.8, 4) is 0 Å². The smallest absolute Gasteiger partial charge is 0.0808 e. The molecule has 0 aliphatic heterocycles. The molecule has 0 fully saturated rings. The Morgan fingerprint density at radius 1 is 1.00 bits per heavy atom. The quantitative estimate of drug-likeness (QED) is 0.482. The Morgan fingerprint density at radius 3 is 1.67 bits per heavy atom. The molecule has 0 heterocycles. The average Bonchev–Trinajstić information content (AvgIpc) is 1.76. The van der Waals surface area contributed by atoms with Gasteiger partial charge in [-0.25, -0.2) is 0 Å². The molecule has 1 aliphatic rings. The van der Waals surface area contributed by atoms with Gasteiger partial charge < -0.3 is 0 Å². The molecule has 0 N–H and O–H groups in total. The molecule has 0 atom stereocenters. The van der Waals surface area contributed by atoms with Crippen LogP contribution in [0.2, 0.25) is 0 Å². The maximum atomic E-state index is 2.12. The van der Waals surface area contributed by atoms with E-state index in [0.717, 1.165) is 6.42 Å². The molecule has 0 saturated heterocycles.